The van der Waals surface area contributed by atoms with Crippen LogP contribution in [-0.4, -0.2) is 17.8 Å². The molecule has 0 aromatic heterocycles. The van der Waals surface area contributed by atoms with E-state index in [1.54, 1.807) is 7.11 Å². The van der Waals surface area contributed by atoms with Crippen LogP contribution in [0.5, 0.6) is 5.75 Å². The minimum atomic E-state index is -0.560. The van der Waals surface area contributed by atoms with Crippen molar-refractivity contribution < 1.29 is 9.84 Å². The van der Waals surface area contributed by atoms with Crippen molar-refractivity contribution in [2.75, 3.05) is 7.11 Å². The lowest BCUT2D eigenvalue weighted by Gasteiger charge is -2.17. The van der Waals surface area contributed by atoms with Crippen molar-refractivity contribution in [1.29, 1.82) is 0 Å². The smallest absolute Gasteiger partial charge is 0.122 e. The summed E-state index contributed by atoms with van der Waals surface area (Å²) in [4.78, 5) is 0. The van der Waals surface area contributed by atoms with Crippen LogP contribution >= 0.6 is 0 Å². The fourth-order valence-corrected chi connectivity index (χ4v) is 2.05. The van der Waals surface area contributed by atoms with E-state index in [1.165, 1.54) is 16.7 Å². The molecule has 0 fully saturated rings. The van der Waals surface area contributed by atoms with Gasteiger partial charge in [-0.2, -0.15) is 0 Å². The third-order valence-electron chi connectivity index (χ3n) is 3.09. The summed E-state index contributed by atoms with van der Waals surface area (Å²) in [5.74, 6) is 0.953. The number of rotatable bonds is 5. The fraction of sp³-hybridized carbons (Fsp3) is 0.600. The second-order valence-electron chi connectivity index (χ2n) is 5.41. The van der Waals surface area contributed by atoms with Gasteiger partial charge in [0.25, 0.3) is 0 Å². The molecule has 0 amide bonds. The number of aryl methyl sites for hydroxylation is 3. The Kier molecular flexibility index (Phi) is 4.58. The van der Waals surface area contributed by atoms with Crippen molar-refractivity contribution in [2.24, 2.45) is 0 Å². The quantitative estimate of drug-likeness (QED) is 0.849. The predicted octanol–water partition coefficient (Wildman–Crippen LogP) is 3.41. The Morgan fingerprint density at radius 3 is 2.35 bits per heavy atom. The summed E-state index contributed by atoms with van der Waals surface area (Å²) >= 11 is 0. The van der Waals surface area contributed by atoms with Gasteiger partial charge in [0, 0.05) is 0 Å². The second kappa shape index (κ2) is 5.54. The van der Waals surface area contributed by atoms with Gasteiger partial charge in [-0.3, -0.25) is 0 Å². The van der Waals surface area contributed by atoms with Gasteiger partial charge in [0.05, 0.1) is 12.7 Å². The Labute approximate surface area is 105 Å². The molecule has 0 radical (unpaired) electrons. The van der Waals surface area contributed by atoms with E-state index in [0.717, 1.165) is 25.0 Å². The van der Waals surface area contributed by atoms with E-state index >= 15 is 0 Å². The van der Waals surface area contributed by atoms with Crippen LogP contribution in [0.25, 0.3) is 0 Å². The summed E-state index contributed by atoms with van der Waals surface area (Å²) in [6.45, 7) is 7.90. The molecule has 0 spiro atoms. The molecule has 1 aromatic rings. The van der Waals surface area contributed by atoms with Gasteiger partial charge < -0.3 is 9.84 Å². The molecule has 96 valence electrons. The Morgan fingerprint density at radius 1 is 1.18 bits per heavy atom. The van der Waals surface area contributed by atoms with Crippen molar-refractivity contribution >= 4 is 0 Å². The Morgan fingerprint density at radius 2 is 1.82 bits per heavy atom. The lowest BCUT2D eigenvalue weighted by Crippen LogP contribution is -2.18. The van der Waals surface area contributed by atoms with Crippen LogP contribution in [-0.2, 0) is 6.42 Å². The molecular weight excluding hydrogens is 212 g/mol. The third kappa shape index (κ3) is 4.39. The molecule has 0 heterocycles. The third-order valence-corrected chi connectivity index (χ3v) is 3.09. The number of benzene rings is 1. The van der Waals surface area contributed by atoms with Crippen LogP contribution in [0.3, 0.4) is 0 Å². The van der Waals surface area contributed by atoms with E-state index in [9.17, 15) is 5.11 Å². The highest BCUT2D eigenvalue weighted by molar-refractivity contribution is 5.41. The second-order valence-corrected chi connectivity index (χ2v) is 5.41. The van der Waals surface area contributed by atoms with E-state index in [4.69, 9.17) is 4.74 Å². The lowest BCUT2D eigenvalue weighted by molar-refractivity contribution is 0.0689. The van der Waals surface area contributed by atoms with Crippen LogP contribution in [0.1, 0.15) is 43.4 Å². The average Bonchev–Trinajstić information content (AvgIpc) is 2.20. The van der Waals surface area contributed by atoms with Gasteiger partial charge in [0.1, 0.15) is 5.75 Å². The van der Waals surface area contributed by atoms with Gasteiger partial charge in [-0.1, -0.05) is 6.07 Å². The zero-order chi connectivity index (χ0) is 13.1. The number of ether oxygens (including phenoxy) is 1. The molecule has 0 saturated heterocycles. The van der Waals surface area contributed by atoms with E-state index in [1.807, 2.05) is 13.8 Å². The molecule has 0 saturated carbocycles. The van der Waals surface area contributed by atoms with Crippen molar-refractivity contribution in [3.8, 4) is 5.75 Å². The molecule has 1 rings (SSSR count). The van der Waals surface area contributed by atoms with Gasteiger partial charge in [0.2, 0.25) is 0 Å². The summed E-state index contributed by atoms with van der Waals surface area (Å²) in [6, 6.07) is 4.29. The largest absolute Gasteiger partial charge is 0.496 e. The first-order valence-corrected chi connectivity index (χ1v) is 6.20. The van der Waals surface area contributed by atoms with Crippen LogP contribution in [0, 0.1) is 13.8 Å². The minimum Gasteiger partial charge on any atom is -0.496 e. The summed E-state index contributed by atoms with van der Waals surface area (Å²) < 4.78 is 5.30. The van der Waals surface area contributed by atoms with Crippen LogP contribution in [0.15, 0.2) is 12.1 Å². The SMILES string of the molecule is COc1cc(C)c(CCCC(C)(C)O)cc1C. The van der Waals surface area contributed by atoms with Gasteiger partial charge in [-0.15, -0.1) is 0 Å². The molecule has 0 atom stereocenters. The predicted molar refractivity (Wildman–Crippen MR) is 71.7 cm³/mol. The number of aliphatic hydroxyl groups is 1. The average molecular weight is 236 g/mol. The standard InChI is InChI=1S/C15H24O2/c1-11-10-14(17-5)12(2)9-13(11)7-6-8-15(3,4)16/h9-10,16H,6-8H2,1-5H3. The number of hydrogen-bond donors (Lipinski definition) is 1. The van der Waals surface area contributed by atoms with E-state index < -0.39 is 5.60 Å². The molecule has 0 aliphatic rings. The zero-order valence-corrected chi connectivity index (χ0v) is 11.6. The van der Waals surface area contributed by atoms with E-state index in [-0.39, 0.29) is 0 Å². The number of hydrogen-bond acceptors (Lipinski definition) is 2. The van der Waals surface area contributed by atoms with Crippen LogP contribution in [0.2, 0.25) is 0 Å². The highest BCUT2D eigenvalue weighted by atomic mass is 16.5. The summed E-state index contributed by atoms with van der Waals surface area (Å²) in [7, 11) is 1.70. The summed E-state index contributed by atoms with van der Waals surface area (Å²) in [5, 5.41) is 9.68. The maximum absolute atomic E-state index is 9.68. The molecule has 0 aliphatic carbocycles. The molecule has 0 unspecified atom stereocenters. The summed E-state index contributed by atoms with van der Waals surface area (Å²) in [6.07, 6.45) is 2.86. The number of methoxy groups -OCH3 is 1. The molecule has 0 bridgehead atoms. The molecule has 2 nitrogen and oxygen atoms in total. The van der Waals surface area contributed by atoms with Crippen molar-refractivity contribution in [3.63, 3.8) is 0 Å². The summed E-state index contributed by atoms with van der Waals surface area (Å²) in [5.41, 5.74) is 3.24. The topological polar surface area (TPSA) is 29.5 Å². The Balaban J connectivity index is 2.69. The minimum absolute atomic E-state index is 0.560. The Hall–Kier alpha value is -1.02. The molecule has 1 aromatic carbocycles. The molecular formula is C15H24O2. The van der Waals surface area contributed by atoms with Crippen molar-refractivity contribution in [3.05, 3.63) is 28.8 Å². The maximum atomic E-state index is 9.68. The van der Waals surface area contributed by atoms with Gasteiger partial charge in [0.15, 0.2) is 0 Å². The fourth-order valence-electron chi connectivity index (χ4n) is 2.05. The van der Waals surface area contributed by atoms with E-state index in [0.29, 0.717) is 0 Å². The lowest BCUT2D eigenvalue weighted by atomic mass is 9.95. The van der Waals surface area contributed by atoms with Crippen molar-refractivity contribution in [1.82, 2.24) is 0 Å². The normalized spacial score (nSPS) is 11.6. The maximum Gasteiger partial charge on any atom is 0.122 e. The zero-order valence-electron chi connectivity index (χ0n) is 11.6. The van der Waals surface area contributed by atoms with Gasteiger partial charge in [-0.05, 0) is 69.7 Å². The first-order chi connectivity index (χ1) is 7.83. The van der Waals surface area contributed by atoms with Gasteiger partial charge in [-0.25, -0.2) is 0 Å². The highest BCUT2D eigenvalue weighted by Gasteiger charge is 2.12. The van der Waals surface area contributed by atoms with E-state index in [2.05, 4.69) is 26.0 Å². The van der Waals surface area contributed by atoms with Crippen molar-refractivity contribution in [2.45, 2.75) is 52.6 Å². The molecule has 2 heteroatoms. The molecule has 1 N–H and O–H groups in total. The molecule has 0 aliphatic heterocycles. The highest BCUT2D eigenvalue weighted by Crippen LogP contribution is 2.24. The monoisotopic (exact) mass is 236 g/mol. The van der Waals surface area contributed by atoms with Crippen LogP contribution in [0.4, 0.5) is 0 Å². The first-order valence-electron chi connectivity index (χ1n) is 6.20. The molecule has 17 heavy (non-hydrogen) atoms. The van der Waals surface area contributed by atoms with Gasteiger partial charge >= 0.3 is 0 Å². The first kappa shape index (κ1) is 14.0. The Bertz CT molecular complexity index is 375. The van der Waals surface area contributed by atoms with Crippen LogP contribution < -0.4 is 4.74 Å².